The number of carbonyl (C=O) groups excluding carboxylic acids is 1. The fourth-order valence-electron chi connectivity index (χ4n) is 2.95. The number of nitrogens with one attached hydrogen (secondary N) is 1. The fourth-order valence-corrected chi connectivity index (χ4v) is 4.59. The van der Waals surface area contributed by atoms with Crippen LogP contribution in [0.25, 0.3) is 20.8 Å². The molecule has 3 nitrogen and oxygen atoms in total. The average Bonchev–Trinajstić information content (AvgIpc) is 3.14. The number of hydrogen-bond acceptors (Lipinski definition) is 4. The van der Waals surface area contributed by atoms with E-state index >= 15 is 0 Å². The summed E-state index contributed by atoms with van der Waals surface area (Å²) in [6.45, 7) is 2.13. The van der Waals surface area contributed by atoms with Gasteiger partial charge in [0.25, 0.3) is 0 Å². The molecular formula is C23H20N2OS2. The van der Waals surface area contributed by atoms with Gasteiger partial charge < -0.3 is 5.32 Å². The second kappa shape index (κ2) is 8.59. The number of hydrogen-bond donors (Lipinski definition) is 1. The van der Waals surface area contributed by atoms with Crippen molar-refractivity contribution >= 4 is 44.9 Å². The van der Waals surface area contributed by atoms with E-state index in [2.05, 4.69) is 35.4 Å². The Morgan fingerprint density at radius 3 is 2.46 bits per heavy atom. The van der Waals surface area contributed by atoms with Gasteiger partial charge in [0, 0.05) is 16.1 Å². The second-order valence-corrected chi connectivity index (χ2v) is 8.73. The Morgan fingerprint density at radius 2 is 1.75 bits per heavy atom. The van der Waals surface area contributed by atoms with Crippen LogP contribution in [-0.2, 0) is 11.2 Å². The van der Waals surface area contributed by atoms with Crippen molar-refractivity contribution in [1.29, 1.82) is 0 Å². The Balaban J connectivity index is 1.40. The summed E-state index contributed by atoms with van der Waals surface area (Å²) >= 11 is 3.48. The van der Waals surface area contributed by atoms with Gasteiger partial charge in [-0.2, -0.15) is 0 Å². The smallest absolute Gasteiger partial charge is 0.228 e. The van der Waals surface area contributed by atoms with E-state index in [1.807, 2.05) is 54.6 Å². The van der Waals surface area contributed by atoms with Crippen molar-refractivity contribution < 1.29 is 4.79 Å². The summed E-state index contributed by atoms with van der Waals surface area (Å²) in [5, 5.41) is 3.96. The third kappa shape index (κ3) is 4.43. The van der Waals surface area contributed by atoms with E-state index in [-0.39, 0.29) is 5.91 Å². The van der Waals surface area contributed by atoms with Gasteiger partial charge in [-0.25, -0.2) is 4.98 Å². The van der Waals surface area contributed by atoms with Gasteiger partial charge in [-0.1, -0.05) is 31.2 Å². The van der Waals surface area contributed by atoms with Crippen LogP contribution in [0.2, 0.25) is 0 Å². The van der Waals surface area contributed by atoms with E-state index in [1.165, 1.54) is 9.60 Å². The van der Waals surface area contributed by atoms with Crippen LogP contribution in [0.15, 0.2) is 77.7 Å². The highest BCUT2D eigenvalue weighted by molar-refractivity contribution is 7.99. The summed E-state index contributed by atoms with van der Waals surface area (Å²) in [4.78, 5) is 18.3. The molecule has 3 aromatic carbocycles. The summed E-state index contributed by atoms with van der Waals surface area (Å²) in [5.74, 6) is 1.04. The van der Waals surface area contributed by atoms with Crippen LogP contribution in [0.5, 0.6) is 0 Å². The number of thioether (sulfide) groups is 1. The van der Waals surface area contributed by atoms with E-state index in [4.69, 9.17) is 0 Å². The number of carbonyl (C=O) groups is 1. The maximum atomic E-state index is 12.3. The number of benzene rings is 3. The fraction of sp³-hybridized carbons (Fsp3) is 0.130. The van der Waals surface area contributed by atoms with Gasteiger partial charge in [-0.15, -0.1) is 23.1 Å². The van der Waals surface area contributed by atoms with Crippen molar-refractivity contribution in [3.05, 3.63) is 78.4 Å². The van der Waals surface area contributed by atoms with Crippen molar-refractivity contribution in [3.8, 4) is 10.6 Å². The third-order valence-corrected chi connectivity index (χ3v) is 6.29. The van der Waals surface area contributed by atoms with E-state index < -0.39 is 0 Å². The summed E-state index contributed by atoms with van der Waals surface area (Å²) < 4.78 is 1.18. The number of thiazole rings is 1. The molecule has 0 unspecified atom stereocenters. The quantitative estimate of drug-likeness (QED) is 0.386. The van der Waals surface area contributed by atoms with Crippen LogP contribution in [0, 0.1) is 0 Å². The van der Waals surface area contributed by atoms with Gasteiger partial charge in [0.15, 0.2) is 0 Å². The van der Waals surface area contributed by atoms with Crippen molar-refractivity contribution in [3.63, 3.8) is 0 Å². The third-order valence-electron chi connectivity index (χ3n) is 4.31. The molecule has 1 heterocycles. The first-order valence-corrected chi connectivity index (χ1v) is 11.0. The first kappa shape index (κ1) is 18.7. The Bertz CT molecular complexity index is 1050. The highest BCUT2D eigenvalue weighted by Crippen LogP contribution is 2.30. The van der Waals surface area contributed by atoms with Gasteiger partial charge in [-0.3, -0.25) is 4.79 Å². The largest absolute Gasteiger partial charge is 0.326 e. The number of aromatic nitrogens is 1. The normalized spacial score (nSPS) is 10.9. The van der Waals surface area contributed by atoms with Gasteiger partial charge in [-0.05, 0) is 59.8 Å². The Kier molecular flexibility index (Phi) is 5.74. The average molecular weight is 405 g/mol. The van der Waals surface area contributed by atoms with Crippen LogP contribution >= 0.6 is 23.1 Å². The standard InChI is InChI=1S/C23H20N2OS2/c1-2-27-19-13-7-16(8-14-19)15-22(26)24-18-11-9-17(10-12-18)23-25-20-5-3-4-6-21(20)28-23/h3-14H,2,15H2,1H3,(H,24,26). The zero-order valence-electron chi connectivity index (χ0n) is 15.5. The molecule has 0 saturated heterocycles. The monoisotopic (exact) mass is 404 g/mol. The van der Waals surface area contributed by atoms with Gasteiger partial charge in [0.2, 0.25) is 5.91 Å². The van der Waals surface area contributed by atoms with Crippen molar-refractivity contribution in [1.82, 2.24) is 4.98 Å². The molecule has 0 radical (unpaired) electrons. The molecule has 0 fully saturated rings. The lowest BCUT2D eigenvalue weighted by molar-refractivity contribution is -0.115. The van der Waals surface area contributed by atoms with Gasteiger partial charge in [0.1, 0.15) is 5.01 Å². The predicted octanol–water partition coefficient (Wildman–Crippen LogP) is 6.26. The topological polar surface area (TPSA) is 42.0 Å². The summed E-state index contributed by atoms with van der Waals surface area (Å²) in [6.07, 6.45) is 0.372. The molecule has 0 atom stereocenters. The number of amides is 1. The lowest BCUT2D eigenvalue weighted by atomic mass is 10.1. The summed E-state index contributed by atoms with van der Waals surface area (Å²) in [6, 6.07) is 24.2. The highest BCUT2D eigenvalue weighted by atomic mass is 32.2. The summed E-state index contributed by atoms with van der Waals surface area (Å²) in [5.41, 5.74) is 3.89. The number of fused-ring (bicyclic) bond motifs is 1. The van der Waals surface area contributed by atoms with E-state index in [0.717, 1.165) is 33.1 Å². The Hall–Kier alpha value is -2.63. The minimum atomic E-state index is -0.0105. The predicted molar refractivity (Wildman–Crippen MR) is 120 cm³/mol. The molecule has 1 amide bonds. The van der Waals surface area contributed by atoms with Crippen molar-refractivity contribution in [2.24, 2.45) is 0 Å². The molecule has 0 aliphatic heterocycles. The number of nitrogens with zero attached hydrogens (tertiary/aromatic N) is 1. The van der Waals surface area contributed by atoms with Crippen LogP contribution in [0.4, 0.5) is 5.69 Å². The van der Waals surface area contributed by atoms with Crippen molar-refractivity contribution in [2.75, 3.05) is 11.1 Å². The van der Waals surface area contributed by atoms with E-state index in [0.29, 0.717) is 6.42 Å². The maximum Gasteiger partial charge on any atom is 0.228 e. The SMILES string of the molecule is CCSc1ccc(CC(=O)Nc2ccc(-c3nc4ccccc4s3)cc2)cc1. The number of anilines is 1. The number of para-hydroxylation sites is 1. The molecule has 0 saturated carbocycles. The van der Waals surface area contributed by atoms with E-state index in [9.17, 15) is 4.79 Å². The molecule has 1 N–H and O–H groups in total. The zero-order valence-corrected chi connectivity index (χ0v) is 17.1. The highest BCUT2D eigenvalue weighted by Gasteiger charge is 2.08. The summed E-state index contributed by atoms with van der Waals surface area (Å²) in [7, 11) is 0. The van der Waals surface area contributed by atoms with Crippen LogP contribution in [0.3, 0.4) is 0 Å². The Labute approximate surface area is 172 Å². The molecule has 140 valence electrons. The lowest BCUT2D eigenvalue weighted by Crippen LogP contribution is -2.14. The molecule has 0 spiro atoms. The van der Waals surface area contributed by atoms with Crippen LogP contribution in [-0.4, -0.2) is 16.6 Å². The molecule has 28 heavy (non-hydrogen) atoms. The van der Waals surface area contributed by atoms with Crippen LogP contribution in [0.1, 0.15) is 12.5 Å². The molecule has 1 aromatic heterocycles. The van der Waals surface area contributed by atoms with Gasteiger partial charge in [0.05, 0.1) is 16.6 Å². The molecule has 0 aliphatic rings. The first-order valence-electron chi connectivity index (χ1n) is 9.19. The molecule has 0 bridgehead atoms. The molecular weight excluding hydrogens is 384 g/mol. The number of rotatable bonds is 6. The molecule has 4 aromatic rings. The van der Waals surface area contributed by atoms with E-state index in [1.54, 1.807) is 23.1 Å². The minimum absolute atomic E-state index is 0.0105. The minimum Gasteiger partial charge on any atom is -0.326 e. The molecule has 0 aliphatic carbocycles. The van der Waals surface area contributed by atoms with Crippen LogP contribution < -0.4 is 5.32 Å². The Morgan fingerprint density at radius 1 is 1.00 bits per heavy atom. The second-order valence-electron chi connectivity index (χ2n) is 6.37. The maximum absolute atomic E-state index is 12.3. The lowest BCUT2D eigenvalue weighted by Gasteiger charge is -2.07. The van der Waals surface area contributed by atoms with Gasteiger partial charge >= 0.3 is 0 Å². The van der Waals surface area contributed by atoms with Crippen molar-refractivity contribution in [2.45, 2.75) is 18.2 Å². The zero-order chi connectivity index (χ0) is 19.3. The first-order chi connectivity index (χ1) is 13.7. The molecule has 5 heteroatoms. The molecule has 4 rings (SSSR count).